The highest BCUT2D eigenvalue weighted by Gasteiger charge is 2.28. The second-order valence-corrected chi connectivity index (χ2v) is 5.84. The van der Waals surface area contributed by atoms with E-state index in [1.807, 2.05) is 0 Å². The first-order valence-corrected chi connectivity index (χ1v) is 6.69. The molecule has 0 saturated heterocycles. The number of Topliss-reactive ketones (excluding diaryl/α,β-unsaturated/α-hetero) is 1. The second kappa shape index (κ2) is 5.87. The zero-order chi connectivity index (χ0) is 20.8. The molecule has 0 saturated carbocycles. The minimum absolute atomic E-state index is 0.00996. The van der Waals surface area contributed by atoms with Gasteiger partial charge in [-0.15, -0.1) is 0 Å². The van der Waals surface area contributed by atoms with E-state index in [1.165, 1.54) is 25.1 Å². The maximum Gasteiger partial charge on any atom is 0.410 e. The Morgan fingerprint density at radius 2 is 2.05 bits per heavy atom. The lowest BCUT2D eigenvalue weighted by atomic mass is 10.0. The molecule has 1 aromatic rings. The Morgan fingerprint density at radius 1 is 1.36 bits per heavy atom. The fourth-order valence-corrected chi connectivity index (χ4v) is 1.76. The van der Waals surface area contributed by atoms with Crippen LogP contribution in [0.2, 0.25) is 0 Å². The van der Waals surface area contributed by atoms with Crippen LogP contribution in [0.4, 0.5) is 4.79 Å². The molecule has 0 bridgehead atoms. The van der Waals surface area contributed by atoms with Crippen molar-refractivity contribution in [2.75, 3.05) is 13.7 Å². The van der Waals surface area contributed by atoms with Crippen LogP contribution in [-0.4, -0.2) is 42.1 Å². The molecule has 1 heterocycles. The molecule has 1 amide bonds. The zero-order valence-electron chi connectivity index (χ0n) is 17.8. The topological polar surface area (TPSA) is 65.1 Å². The molecule has 2 rings (SSSR count). The summed E-state index contributed by atoms with van der Waals surface area (Å²) in [4.78, 5) is 25.5. The third-order valence-electron chi connectivity index (χ3n) is 2.89. The minimum atomic E-state index is -2.90. The highest BCUT2D eigenvalue weighted by molar-refractivity contribution is 6.01. The summed E-state index contributed by atoms with van der Waals surface area (Å²) in [5.74, 6) is -0.546. The van der Waals surface area contributed by atoms with E-state index < -0.39 is 37.2 Å². The van der Waals surface area contributed by atoms with E-state index >= 15 is 0 Å². The molecular weight excluding hydrogens is 286 g/mol. The van der Waals surface area contributed by atoms with Crippen LogP contribution in [0, 0.1) is 0 Å². The molecule has 1 aliphatic heterocycles. The smallest absolute Gasteiger partial charge is 0.410 e. The molecular formula is C16H21NO5. The Balaban J connectivity index is 2.30. The van der Waals surface area contributed by atoms with Crippen LogP contribution < -0.4 is 9.47 Å². The lowest BCUT2D eigenvalue weighted by Crippen LogP contribution is -2.43. The van der Waals surface area contributed by atoms with Crippen LogP contribution in [0.3, 0.4) is 0 Å². The number of carbonyl (C=O) groups excluding carboxylic acids is 2. The number of amides is 1. The molecule has 22 heavy (non-hydrogen) atoms. The van der Waals surface area contributed by atoms with E-state index in [2.05, 4.69) is 0 Å². The molecule has 120 valence electrons. The van der Waals surface area contributed by atoms with Gasteiger partial charge in [-0.3, -0.25) is 4.79 Å². The fraction of sp³-hybridized carbons (Fsp3) is 0.500. The van der Waals surface area contributed by atoms with E-state index in [-0.39, 0.29) is 17.1 Å². The largest absolute Gasteiger partial charge is 0.454 e. The number of ketones is 1. The maximum atomic E-state index is 12.8. The van der Waals surface area contributed by atoms with Crippen LogP contribution in [-0.2, 0) is 4.74 Å². The molecule has 0 spiro atoms. The lowest BCUT2D eigenvalue weighted by Gasteiger charge is -2.28. The number of rotatable bonds is 3. The first-order chi connectivity index (χ1) is 12.1. The summed E-state index contributed by atoms with van der Waals surface area (Å²) in [5, 5.41) is 0. The van der Waals surface area contributed by atoms with Crippen molar-refractivity contribution in [3.8, 4) is 11.5 Å². The number of fused-ring (bicyclic) bond motifs is 1. The van der Waals surface area contributed by atoms with Crippen molar-refractivity contribution in [2.45, 2.75) is 39.3 Å². The molecule has 0 unspecified atom stereocenters. The van der Waals surface area contributed by atoms with Crippen molar-refractivity contribution in [2.24, 2.45) is 0 Å². The summed E-state index contributed by atoms with van der Waals surface area (Å²) in [6.07, 6.45) is -1.14. The fourth-order valence-electron chi connectivity index (χ4n) is 1.76. The van der Waals surface area contributed by atoms with Gasteiger partial charge in [0.1, 0.15) is 8.34 Å². The Bertz CT molecular complexity index is 757. The van der Waals surface area contributed by atoms with Crippen molar-refractivity contribution in [3.05, 3.63) is 23.8 Å². The van der Waals surface area contributed by atoms with Crippen molar-refractivity contribution in [1.29, 1.82) is 0 Å². The van der Waals surface area contributed by atoms with Crippen LogP contribution in [0.15, 0.2) is 18.2 Å². The first kappa shape index (κ1) is 10.5. The van der Waals surface area contributed by atoms with Gasteiger partial charge in [0.15, 0.2) is 17.3 Å². The third-order valence-corrected chi connectivity index (χ3v) is 2.89. The normalized spacial score (nSPS) is 20.6. The van der Waals surface area contributed by atoms with Gasteiger partial charge in [-0.2, -0.15) is 0 Å². The summed E-state index contributed by atoms with van der Waals surface area (Å²) < 4.78 is 52.6. The van der Waals surface area contributed by atoms with E-state index in [1.54, 1.807) is 20.8 Å². The van der Waals surface area contributed by atoms with Gasteiger partial charge >= 0.3 is 6.09 Å². The summed E-state index contributed by atoms with van der Waals surface area (Å²) in [6.45, 7) is 0.785. The third kappa shape index (κ3) is 3.50. The van der Waals surface area contributed by atoms with E-state index in [0.717, 1.165) is 0 Å². The molecule has 6 heteroatoms. The molecule has 1 aromatic carbocycles. The van der Waals surface area contributed by atoms with Crippen molar-refractivity contribution in [1.82, 2.24) is 4.90 Å². The van der Waals surface area contributed by atoms with Gasteiger partial charge in [0.25, 0.3) is 0 Å². The van der Waals surface area contributed by atoms with E-state index in [4.69, 9.17) is 21.1 Å². The number of hydrogen-bond donors (Lipinski definition) is 0. The molecule has 1 atom stereocenters. The molecule has 0 aliphatic carbocycles. The van der Waals surface area contributed by atoms with Gasteiger partial charge in [0.2, 0.25) is 6.75 Å². The summed E-state index contributed by atoms with van der Waals surface area (Å²) in [7, 11) is 0. The number of carbonyl (C=O) groups is 2. The number of likely N-dealkylation sites (N-methyl/N-ethyl adjacent to an activating group) is 1. The Morgan fingerprint density at radius 3 is 2.68 bits per heavy atom. The molecule has 0 radical (unpaired) electrons. The second-order valence-electron chi connectivity index (χ2n) is 5.84. The molecule has 0 fully saturated rings. The number of benzene rings is 1. The Hall–Kier alpha value is -2.24. The molecule has 1 aliphatic rings. The highest BCUT2D eigenvalue weighted by Crippen LogP contribution is 2.33. The highest BCUT2D eigenvalue weighted by atomic mass is 16.7. The monoisotopic (exact) mass is 312 g/mol. The molecule has 0 N–H and O–H groups in total. The average molecular weight is 312 g/mol. The van der Waals surface area contributed by atoms with Crippen molar-refractivity contribution < 1.29 is 30.7 Å². The summed E-state index contributed by atoms with van der Waals surface area (Å²) in [5.41, 5.74) is -0.895. The number of ether oxygens (including phenoxy) is 3. The average Bonchev–Trinajstić information content (AvgIpc) is 2.75. The van der Waals surface area contributed by atoms with Gasteiger partial charge in [0, 0.05) is 16.7 Å². The van der Waals surface area contributed by atoms with E-state index in [9.17, 15) is 9.59 Å². The molecule has 6 nitrogen and oxygen atoms in total. The summed E-state index contributed by atoms with van der Waals surface area (Å²) in [6, 6.07) is 2.57. The van der Waals surface area contributed by atoms with Gasteiger partial charge in [-0.1, -0.05) is 0 Å². The van der Waals surface area contributed by atoms with Crippen LogP contribution in [0.25, 0.3) is 0 Å². The Kier molecular flexibility index (Phi) is 2.79. The van der Waals surface area contributed by atoms with Gasteiger partial charge in [-0.25, -0.2) is 4.79 Å². The van der Waals surface area contributed by atoms with Crippen molar-refractivity contribution >= 4 is 11.9 Å². The predicted octanol–water partition coefficient (Wildman–Crippen LogP) is 2.85. The van der Waals surface area contributed by atoms with Crippen LogP contribution in [0.5, 0.6) is 11.5 Å². The van der Waals surface area contributed by atoms with Crippen LogP contribution >= 0.6 is 0 Å². The zero-order valence-corrected chi connectivity index (χ0v) is 12.8. The van der Waals surface area contributed by atoms with Crippen LogP contribution in [0.1, 0.15) is 44.9 Å². The van der Waals surface area contributed by atoms with Gasteiger partial charge < -0.3 is 19.1 Å². The minimum Gasteiger partial charge on any atom is -0.454 e. The number of nitrogens with zero attached hydrogens (tertiary/aromatic N) is 1. The lowest BCUT2D eigenvalue weighted by molar-refractivity contribution is 0.0231. The van der Waals surface area contributed by atoms with Crippen molar-refractivity contribution in [3.63, 3.8) is 0 Å². The first-order valence-electron chi connectivity index (χ1n) is 9.19. The maximum absolute atomic E-state index is 12.8. The van der Waals surface area contributed by atoms with E-state index in [0.29, 0.717) is 4.90 Å². The molecule has 0 aromatic heterocycles. The summed E-state index contributed by atoms with van der Waals surface area (Å²) >= 11 is 0. The standard InChI is InChI=1S/C16H21NO5/c1-10(17(5)15(19)22-16(2,3)4)14(18)11-6-7-12-13(8-11)21-9-20-12/h6-8,10H,9H2,1-5H3/t10-/m0/s1/i5D3,9D2. The SMILES string of the molecule is [2H]C1([2H])Oc2ccc(C(=O)[C@H](C)N(C(=O)OC(C)(C)C)C([2H])([2H])[2H])cc2O1. The Labute approximate surface area is 137 Å². The van der Waals surface area contributed by atoms with Gasteiger partial charge in [0.05, 0.1) is 6.04 Å². The predicted molar refractivity (Wildman–Crippen MR) is 80.4 cm³/mol. The van der Waals surface area contributed by atoms with Gasteiger partial charge in [-0.05, 0) is 45.9 Å². The quantitative estimate of drug-likeness (QED) is 0.803. The number of hydrogen-bond acceptors (Lipinski definition) is 5.